The van der Waals surface area contributed by atoms with E-state index in [0.29, 0.717) is 6.61 Å². The van der Waals surface area contributed by atoms with Gasteiger partial charge in [-0.3, -0.25) is 0 Å². The molecule has 0 spiro atoms. The van der Waals surface area contributed by atoms with Gasteiger partial charge in [0.1, 0.15) is 0 Å². The van der Waals surface area contributed by atoms with Crippen LogP contribution in [0.15, 0.2) is 5.38 Å². The van der Waals surface area contributed by atoms with Crippen LogP contribution >= 0.6 is 11.3 Å². The van der Waals surface area contributed by atoms with E-state index in [1.165, 1.54) is 5.01 Å². The topological polar surface area (TPSA) is 45.2 Å². The third-order valence-corrected chi connectivity index (χ3v) is 4.61. The van der Waals surface area contributed by atoms with Gasteiger partial charge in [0, 0.05) is 35.9 Å². The van der Waals surface area contributed by atoms with Crippen molar-refractivity contribution < 1.29 is 5.11 Å². The van der Waals surface area contributed by atoms with Crippen molar-refractivity contribution in [2.45, 2.75) is 45.6 Å². The van der Waals surface area contributed by atoms with Crippen LogP contribution in [0, 0.1) is 5.41 Å². The number of aliphatic hydroxyl groups is 1. The van der Waals surface area contributed by atoms with Crippen LogP contribution in [0.2, 0.25) is 0 Å². The molecule has 2 N–H and O–H groups in total. The fraction of sp³-hybridized carbons (Fsp3) is 0.769. The van der Waals surface area contributed by atoms with E-state index in [1.54, 1.807) is 11.3 Å². The molecule has 0 aliphatic heterocycles. The third-order valence-electron chi connectivity index (χ3n) is 3.29. The summed E-state index contributed by atoms with van der Waals surface area (Å²) in [5.41, 5.74) is 1.45. The van der Waals surface area contributed by atoms with Gasteiger partial charge in [0.25, 0.3) is 0 Å². The second-order valence-electron chi connectivity index (χ2n) is 6.16. The Hall–Kier alpha value is -0.450. The van der Waals surface area contributed by atoms with Gasteiger partial charge in [0.2, 0.25) is 0 Å². The molecule has 1 saturated carbocycles. The zero-order valence-corrected chi connectivity index (χ0v) is 11.7. The maximum Gasteiger partial charge on any atom is 0.0982 e. The van der Waals surface area contributed by atoms with Crippen LogP contribution in [-0.4, -0.2) is 23.2 Å². The van der Waals surface area contributed by atoms with Crippen molar-refractivity contribution >= 4 is 11.3 Å². The molecule has 3 nitrogen and oxygen atoms in total. The highest BCUT2D eigenvalue weighted by Gasteiger charge is 2.41. The molecule has 0 atom stereocenters. The van der Waals surface area contributed by atoms with E-state index >= 15 is 0 Å². The summed E-state index contributed by atoms with van der Waals surface area (Å²) in [5, 5.41) is 15.9. The second kappa shape index (κ2) is 4.67. The minimum absolute atomic E-state index is 0.145. The fourth-order valence-corrected chi connectivity index (χ4v) is 2.66. The van der Waals surface area contributed by atoms with Gasteiger partial charge < -0.3 is 10.4 Å². The lowest BCUT2D eigenvalue weighted by molar-refractivity contribution is 0.207. The van der Waals surface area contributed by atoms with Crippen molar-refractivity contribution in [3.8, 4) is 0 Å². The summed E-state index contributed by atoms with van der Waals surface area (Å²) in [4.78, 5) is 4.64. The van der Waals surface area contributed by atoms with E-state index in [1.807, 2.05) is 0 Å². The number of rotatable bonds is 5. The maximum atomic E-state index is 9.21. The molecular formula is C13H22N2OS. The van der Waals surface area contributed by atoms with E-state index < -0.39 is 0 Å². The lowest BCUT2D eigenvalue weighted by Crippen LogP contribution is -2.26. The van der Waals surface area contributed by atoms with Gasteiger partial charge in [-0.1, -0.05) is 20.8 Å². The molecule has 1 fully saturated rings. The summed E-state index contributed by atoms with van der Waals surface area (Å²) >= 11 is 1.74. The average Bonchev–Trinajstić information content (AvgIpc) is 2.86. The molecule has 0 aromatic carbocycles. The molecule has 0 unspecified atom stereocenters. The SMILES string of the molecule is CC(C)(C)c1nc(CNCC2(CO)CC2)cs1. The average molecular weight is 254 g/mol. The quantitative estimate of drug-likeness (QED) is 0.847. The summed E-state index contributed by atoms with van der Waals surface area (Å²) in [6.45, 7) is 8.60. The number of nitrogens with one attached hydrogen (secondary N) is 1. The van der Waals surface area contributed by atoms with Gasteiger partial charge in [-0.15, -0.1) is 11.3 Å². The molecule has 17 heavy (non-hydrogen) atoms. The monoisotopic (exact) mass is 254 g/mol. The summed E-state index contributed by atoms with van der Waals surface area (Å²) in [5.74, 6) is 0. The number of aliphatic hydroxyl groups excluding tert-OH is 1. The lowest BCUT2D eigenvalue weighted by atomic mass is 9.98. The van der Waals surface area contributed by atoms with Gasteiger partial charge in [0.05, 0.1) is 10.7 Å². The molecule has 0 bridgehead atoms. The van der Waals surface area contributed by atoms with Gasteiger partial charge in [-0.05, 0) is 12.8 Å². The van der Waals surface area contributed by atoms with Crippen molar-refractivity contribution in [3.63, 3.8) is 0 Å². The Bertz CT molecular complexity index is 377. The highest BCUT2D eigenvalue weighted by molar-refractivity contribution is 7.09. The Kier molecular flexibility index (Phi) is 3.57. The maximum absolute atomic E-state index is 9.21. The number of thiazole rings is 1. The molecule has 0 radical (unpaired) electrons. The van der Waals surface area contributed by atoms with E-state index in [0.717, 1.165) is 31.6 Å². The van der Waals surface area contributed by atoms with Crippen LogP contribution in [0.1, 0.15) is 44.3 Å². The molecule has 1 aromatic rings. The Morgan fingerprint density at radius 2 is 2.18 bits per heavy atom. The first kappa shape index (κ1) is 13.0. The van der Waals surface area contributed by atoms with Crippen molar-refractivity contribution in [1.82, 2.24) is 10.3 Å². The van der Waals surface area contributed by atoms with Crippen molar-refractivity contribution in [2.75, 3.05) is 13.2 Å². The lowest BCUT2D eigenvalue weighted by Gasteiger charge is -2.14. The molecule has 96 valence electrons. The van der Waals surface area contributed by atoms with Gasteiger partial charge >= 0.3 is 0 Å². The first-order valence-electron chi connectivity index (χ1n) is 6.22. The normalized spacial score (nSPS) is 18.4. The Balaban J connectivity index is 1.81. The predicted octanol–water partition coefficient (Wildman–Crippen LogP) is 2.30. The smallest absolute Gasteiger partial charge is 0.0982 e. The summed E-state index contributed by atoms with van der Waals surface area (Å²) in [6.07, 6.45) is 2.31. The minimum atomic E-state index is 0.145. The van der Waals surface area contributed by atoms with Crippen LogP contribution < -0.4 is 5.32 Å². The molecule has 1 aliphatic carbocycles. The second-order valence-corrected chi connectivity index (χ2v) is 7.01. The van der Waals surface area contributed by atoms with Crippen LogP contribution in [-0.2, 0) is 12.0 Å². The number of aromatic nitrogens is 1. The van der Waals surface area contributed by atoms with E-state index in [-0.39, 0.29) is 10.8 Å². The highest BCUT2D eigenvalue weighted by atomic mass is 32.1. The molecule has 0 amide bonds. The summed E-state index contributed by atoms with van der Waals surface area (Å²) < 4.78 is 0. The summed E-state index contributed by atoms with van der Waals surface area (Å²) in [6, 6.07) is 0. The zero-order chi connectivity index (χ0) is 12.5. The van der Waals surface area contributed by atoms with Crippen molar-refractivity contribution in [3.05, 3.63) is 16.1 Å². The third kappa shape index (κ3) is 3.27. The molecule has 1 aromatic heterocycles. The van der Waals surface area contributed by atoms with Gasteiger partial charge in [0.15, 0.2) is 0 Å². The highest BCUT2D eigenvalue weighted by Crippen LogP contribution is 2.44. The molecular weight excluding hydrogens is 232 g/mol. The molecule has 1 heterocycles. The number of hydrogen-bond donors (Lipinski definition) is 2. The first-order chi connectivity index (χ1) is 7.95. The van der Waals surface area contributed by atoms with Gasteiger partial charge in [-0.2, -0.15) is 0 Å². The standard InChI is InChI=1S/C13H22N2OS/c1-12(2,3)11-15-10(7-17-11)6-14-8-13(9-16)4-5-13/h7,14,16H,4-6,8-9H2,1-3H3. The van der Waals surface area contributed by atoms with Crippen LogP contribution in [0.25, 0.3) is 0 Å². The van der Waals surface area contributed by atoms with E-state index in [4.69, 9.17) is 0 Å². The van der Waals surface area contributed by atoms with Gasteiger partial charge in [-0.25, -0.2) is 4.98 Å². The van der Waals surface area contributed by atoms with E-state index in [9.17, 15) is 5.11 Å². The number of nitrogens with zero attached hydrogens (tertiary/aromatic N) is 1. The summed E-state index contributed by atoms with van der Waals surface area (Å²) in [7, 11) is 0. The van der Waals surface area contributed by atoms with Crippen LogP contribution in [0.3, 0.4) is 0 Å². The van der Waals surface area contributed by atoms with Crippen molar-refractivity contribution in [1.29, 1.82) is 0 Å². The molecule has 0 saturated heterocycles. The first-order valence-corrected chi connectivity index (χ1v) is 7.10. The molecule has 4 heteroatoms. The Labute approximate surface area is 107 Å². The molecule has 1 aliphatic rings. The van der Waals surface area contributed by atoms with Crippen LogP contribution in [0.4, 0.5) is 0 Å². The Morgan fingerprint density at radius 1 is 1.47 bits per heavy atom. The zero-order valence-electron chi connectivity index (χ0n) is 10.9. The minimum Gasteiger partial charge on any atom is -0.396 e. The fourth-order valence-electron chi connectivity index (χ4n) is 1.76. The van der Waals surface area contributed by atoms with Crippen molar-refractivity contribution in [2.24, 2.45) is 5.41 Å². The molecule has 2 rings (SSSR count). The largest absolute Gasteiger partial charge is 0.396 e. The predicted molar refractivity (Wildman–Crippen MR) is 71.3 cm³/mol. The van der Waals surface area contributed by atoms with E-state index in [2.05, 4.69) is 36.5 Å². The Morgan fingerprint density at radius 3 is 2.65 bits per heavy atom. The van der Waals surface area contributed by atoms with Crippen LogP contribution in [0.5, 0.6) is 0 Å². The number of hydrogen-bond acceptors (Lipinski definition) is 4.